The first-order valence-corrected chi connectivity index (χ1v) is 8.54. The second-order valence-corrected chi connectivity index (χ2v) is 6.79. The number of aliphatic hydroxyl groups is 1. The largest absolute Gasteiger partial charge is 0.391 e. The highest BCUT2D eigenvalue weighted by molar-refractivity contribution is 6.28. The summed E-state index contributed by atoms with van der Waals surface area (Å²) < 4.78 is 27.5. The number of halogens is 3. The summed E-state index contributed by atoms with van der Waals surface area (Å²) >= 11 is 6.10. The Hall–Kier alpha value is -2.32. The molecule has 2 aromatic heterocycles. The number of benzene rings is 1. The number of aliphatic hydroxyl groups excluding tert-OH is 1. The maximum Gasteiger partial charge on any atom is 0.263 e. The molecule has 1 aromatic carbocycles. The number of nitrogens with zero attached hydrogens (tertiary/aromatic N) is 5. The van der Waals surface area contributed by atoms with Gasteiger partial charge in [-0.15, -0.1) is 0 Å². The Kier molecular flexibility index (Phi) is 4.24. The van der Waals surface area contributed by atoms with Crippen LogP contribution in [0.5, 0.6) is 0 Å². The number of rotatable bonds is 3. The van der Waals surface area contributed by atoms with Crippen molar-refractivity contribution in [2.45, 2.75) is 19.5 Å². The van der Waals surface area contributed by atoms with E-state index in [-0.39, 0.29) is 16.8 Å². The topological polar surface area (TPSA) is 67.1 Å². The lowest BCUT2D eigenvalue weighted by atomic mass is 10.1. The van der Waals surface area contributed by atoms with Crippen LogP contribution < -0.4 is 4.90 Å². The smallest absolute Gasteiger partial charge is 0.263 e. The molecule has 1 aliphatic heterocycles. The van der Waals surface area contributed by atoms with Crippen LogP contribution in [0.4, 0.5) is 14.6 Å². The summed E-state index contributed by atoms with van der Waals surface area (Å²) in [5, 5.41) is 15.0. The van der Waals surface area contributed by atoms with Crippen molar-refractivity contribution in [1.82, 2.24) is 19.7 Å². The molecule has 136 valence electrons. The monoisotopic (exact) mass is 379 g/mol. The first kappa shape index (κ1) is 17.1. The summed E-state index contributed by atoms with van der Waals surface area (Å²) in [4.78, 5) is 10.5. The normalized spacial score (nSPS) is 20.5. The average Bonchev–Trinajstić information content (AvgIpc) is 3.18. The quantitative estimate of drug-likeness (QED) is 0.708. The van der Waals surface area contributed by atoms with Crippen LogP contribution in [0, 0.1) is 5.92 Å². The SMILES string of the molecule is C[C@@H]1CN(c2nc(Cl)nc3c2cnn3-c2cccc(C(F)F)c2)C[C@H]1O. The van der Waals surface area contributed by atoms with Crippen molar-refractivity contribution in [3.05, 3.63) is 41.3 Å². The van der Waals surface area contributed by atoms with Crippen molar-refractivity contribution in [2.75, 3.05) is 18.0 Å². The van der Waals surface area contributed by atoms with Gasteiger partial charge in [0.1, 0.15) is 5.82 Å². The molecule has 3 heterocycles. The zero-order chi connectivity index (χ0) is 18.4. The van der Waals surface area contributed by atoms with Gasteiger partial charge in [0.15, 0.2) is 5.65 Å². The zero-order valence-electron chi connectivity index (χ0n) is 13.9. The Morgan fingerprint density at radius 2 is 2.08 bits per heavy atom. The highest BCUT2D eigenvalue weighted by atomic mass is 35.5. The molecule has 2 atom stereocenters. The van der Waals surface area contributed by atoms with Gasteiger partial charge in [0, 0.05) is 24.6 Å². The van der Waals surface area contributed by atoms with Crippen LogP contribution in [0.25, 0.3) is 16.7 Å². The molecule has 0 aliphatic carbocycles. The van der Waals surface area contributed by atoms with Gasteiger partial charge in [-0.05, 0) is 23.7 Å². The molecular formula is C17H16ClF2N5O. The molecule has 6 nitrogen and oxygen atoms in total. The van der Waals surface area contributed by atoms with Crippen LogP contribution >= 0.6 is 11.6 Å². The maximum atomic E-state index is 13.0. The molecule has 0 bridgehead atoms. The number of anilines is 1. The van der Waals surface area contributed by atoms with Gasteiger partial charge in [0.25, 0.3) is 6.43 Å². The molecule has 1 saturated heterocycles. The van der Waals surface area contributed by atoms with E-state index in [4.69, 9.17) is 11.6 Å². The van der Waals surface area contributed by atoms with E-state index in [0.717, 1.165) is 0 Å². The van der Waals surface area contributed by atoms with Gasteiger partial charge < -0.3 is 10.0 Å². The Bertz CT molecular complexity index is 953. The van der Waals surface area contributed by atoms with Crippen LogP contribution in [-0.2, 0) is 0 Å². The van der Waals surface area contributed by atoms with Crippen molar-refractivity contribution in [1.29, 1.82) is 0 Å². The lowest BCUT2D eigenvalue weighted by Gasteiger charge is -2.17. The number of aromatic nitrogens is 4. The minimum atomic E-state index is -2.57. The Balaban J connectivity index is 1.83. The van der Waals surface area contributed by atoms with E-state index in [0.29, 0.717) is 35.6 Å². The number of fused-ring (bicyclic) bond motifs is 1. The van der Waals surface area contributed by atoms with E-state index in [2.05, 4.69) is 15.1 Å². The highest BCUT2D eigenvalue weighted by Crippen LogP contribution is 2.31. The third kappa shape index (κ3) is 2.89. The predicted molar refractivity (Wildman–Crippen MR) is 94.0 cm³/mol. The molecule has 0 saturated carbocycles. The summed E-state index contributed by atoms with van der Waals surface area (Å²) in [6.45, 7) is 3.04. The van der Waals surface area contributed by atoms with Crippen molar-refractivity contribution in [2.24, 2.45) is 5.92 Å². The molecule has 1 aliphatic rings. The Morgan fingerprint density at radius 1 is 1.27 bits per heavy atom. The standard InChI is InChI=1S/C17H16ClF2N5O/c1-9-7-24(8-13(9)26)15-12-6-21-25(16(12)23-17(18)22-15)11-4-2-3-10(5-11)14(19)20/h2-6,9,13-14,26H,7-8H2,1H3/t9-,13-/m1/s1. The molecule has 4 rings (SSSR count). The maximum absolute atomic E-state index is 13.0. The molecule has 1 N–H and O–H groups in total. The number of hydrogen-bond donors (Lipinski definition) is 1. The summed E-state index contributed by atoms with van der Waals surface area (Å²) in [6, 6.07) is 5.96. The fourth-order valence-corrected chi connectivity index (χ4v) is 3.37. The minimum Gasteiger partial charge on any atom is -0.391 e. The van der Waals surface area contributed by atoms with Crippen LogP contribution in [0.2, 0.25) is 5.28 Å². The molecular weight excluding hydrogens is 364 g/mol. The molecule has 9 heteroatoms. The van der Waals surface area contributed by atoms with E-state index < -0.39 is 12.5 Å². The van der Waals surface area contributed by atoms with Crippen LogP contribution in [0.1, 0.15) is 18.9 Å². The molecule has 0 unspecified atom stereocenters. The van der Waals surface area contributed by atoms with Crippen molar-refractivity contribution in [3.63, 3.8) is 0 Å². The lowest BCUT2D eigenvalue weighted by molar-refractivity contribution is 0.151. The number of β-amino-alcohol motifs (C(OH)–C–C–N with tert-alkyl or cyclic N) is 1. The number of alkyl halides is 2. The zero-order valence-corrected chi connectivity index (χ0v) is 14.6. The predicted octanol–water partition coefficient (Wildman–Crippen LogP) is 3.22. The molecule has 26 heavy (non-hydrogen) atoms. The second kappa shape index (κ2) is 6.44. The minimum absolute atomic E-state index is 0.0355. The van der Waals surface area contributed by atoms with Gasteiger partial charge >= 0.3 is 0 Å². The summed E-state index contributed by atoms with van der Waals surface area (Å²) in [6.07, 6.45) is -1.43. The van der Waals surface area contributed by atoms with E-state index in [1.807, 2.05) is 11.8 Å². The lowest BCUT2D eigenvalue weighted by Crippen LogP contribution is -2.22. The van der Waals surface area contributed by atoms with Crippen molar-refractivity contribution < 1.29 is 13.9 Å². The van der Waals surface area contributed by atoms with Crippen LogP contribution in [-0.4, -0.2) is 44.0 Å². The molecule has 0 amide bonds. The van der Waals surface area contributed by atoms with Gasteiger partial charge in [-0.1, -0.05) is 19.1 Å². The molecule has 3 aromatic rings. The molecule has 1 fully saturated rings. The van der Waals surface area contributed by atoms with Crippen LogP contribution in [0.3, 0.4) is 0 Å². The Labute approximate surface area is 153 Å². The van der Waals surface area contributed by atoms with Gasteiger partial charge in [-0.3, -0.25) is 0 Å². The highest BCUT2D eigenvalue weighted by Gasteiger charge is 2.30. The first-order chi connectivity index (χ1) is 12.4. The average molecular weight is 380 g/mol. The summed E-state index contributed by atoms with van der Waals surface area (Å²) in [7, 11) is 0. The molecule has 0 spiro atoms. The second-order valence-electron chi connectivity index (χ2n) is 6.46. The first-order valence-electron chi connectivity index (χ1n) is 8.17. The van der Waals surface area contributed by atoms with Gasteiger partial charge in [0.2, 0.25) is 5.28 Å². The number of hydrogen-bond acceptors (Lipinski definition) is 5. The van der Waals surface area contributed by atoms with Crippen molar-refractivity contribution in [3.8, 4) is 5.69 Å². The van der Waals surface area contributed by atoms with Crippen molar-refractivity contribution >= 4 is 28.5 Å². The fraction of sp³-hybridized carbons (Fsp3) is 0.353. The Morgan fingerprint density at radius 3 is 2.77 bits per heavy atom. The summed E-state index contributed by atoms with van der Waals surface area (Å²) in [5.41, 5.74) is 0.803. The fourth-order valence-electron chi connectivity index (χ4n) is 3.21. The van der Waals surface area contributed by atoms with E-state index in [1.54, 1.807) is 18.3 Å². The van der Waals surface area contributed by atoms with Crippen LogP contribution in [0.15, 0.2) is 30.5 Å². The van der Waals surface area contributed by atoms with E-state index in [9.17, 15) is 13.9 Å². The van der Waals surface area contributed by atoms with Gasteiger partial charge in [0.05, 0.1) is 23.4 Å². The molecule has 0 radical (unpaired) electrons. The third-order valence-corrected chi connectivity index (χ3v) is 4.79. The van der Waals surface area contributed by atoms with Gasteiger partial charge in [-0.25, -0.2) is 13.5 Å². The summed E-state index contributed by atoms with van der Waals surface area (Å²) in [5.74, 6) is 0.691. The van der Waals surface area contributed by atoms with E-state index >= 15 is 0 Å². The van der Waals surface area contributed by atoms with E-state index in [1.165, 1.54) is 16.8 Å². The van der Waals surface area contributed by atoms with Gasteiger partial charge in [-0.2, -0.15) is 15.1 Å². The third-order valence-electron chi connectivity index (χ3n) is 4.62.